The number of rotatable bonds is 4. The van der Waals surface area contributed by atoms with Gasteiger partial charge in [0.2, 0.25) is 5.89 Å². The Hall–Kier alpha value is -0.940. The number of aryl methyl sites for hydroxylation is 1. The molecule has 0 unspecified atom stereocenters. The summed E-state index contributed by atoms with van der Waals surface area (Å²) in [6.07, 6.45) is 3.17. The van der Waals surface area contributed by atoms with Crippen LogP contribution in [0.1, 0.15) is 31.5 Å². The van der Waals surface area contributed by atoms with Crippen molar-refractivity contribution >= 4 is 0 Å². The zero-order chi connectivity index (χ0) is 11.2. The average Bonchev–Trinajstić information content (AvgIpc) is 2.98. The second kappa shape index (κ2) is 3.53. The highest BCUT2D eigenvalue weighted by Crippen LogP contribution is 2.44. The van der Waals surface area contributed by atoms with E-state index in [1.54, 1.807) is 0 Å². The molecule has 2 fully saturated rings. The van der Waals surface area contributed by atoms with E-state index in [0.717, 1.165) is 25.3 Å². The quantitative estimate of drug-likeness (QED) is 0.809. The van der Waals surface area contributed by atoms with Crippen molar-refractivity contribution in [1.82, 2.24) is 15.0 Å². The zero-order valence-corrected chi connectivity index (χ0v) is 9.52. The van der Waals surface area contributed by atoms with Gasteiger partial charge in [-0.2, -0.15) is 4.98 Å². The van der Waals surface area contributed by atoms with E-state index in [-0.39, 0.29) is 0 Å². The Bertz CT molecular complexity index is 380. The highest BCUT2D eigenvalue weighted by molar-refractivity contribution is 5.05. The first-order valence-electron chi connectivity index (χ1n) is 5.96. The van der Waals surface area contributed by atoms with Crippen LogP contribution in [0, 0.1) is 5.92 Å². The summed E-state index contributed by atoms with van der Waals surface area (Å²) in [6.45, 7) is 4.18. The molecule has 1 aromatic rings. The second-order valence-electron chi connectivity index (χ2n) is 4.98. The van der Waals surface area contributed by atoms with Crippen molar-refractivity contribution < 1.29 is 9.63 Å². The van der Waals surface area contributed by atoms with Crippen LogP contribution >= 0.6 is 0 Å². The lowest BCUT2D eigenvalue weighted by atomic mass is 9.89. The molecule has 0 spiro atoms. The molecule has 0 radical (unpaired) electrons. The number of aromatic nitrogens is 2. The predicted octanol–water partition coefficient (Wildman–Crippen LogP) is 0.589. The molecular weight excluding hydrogens is 206 g/mol. The van der Waals surface area contributed by atoms with Crippen LogP contribution in [0.15, 0.2) is 4.52 Å². The van der Waals surface area contributed by atoms with E-state index in [1.807, 2.05) is 6.92 Å². The van der Waals surface area contributed by atoms with Gasteiger partial charge in [-0.25, -0.2) is 0 Å². The molecule has 1 aromatic heterocycles. The van der Waals surface area contributed by atoms with Crippen LogP contribution in [0.25, 0.3) is 0 Å². The van der Waals surface area contributed by atoms with Crippen LogP contribution in [0.5, 0.6) is 0 Å². The van der Waals surface area contributed by atoms with Gasteiger partial charge < -0.3 is 9.63 Å². The third kappa shape index (κ3) is 1.74. The third-order valence-electron chi connectivity index (χ3n) is 3.52. The minimum Gasteiger partial charge on any atom is -0.387 e. The maximum atomic E-state index is 10.1. The molecule has 16 heavy (non-hydrogen) atoms. The second-order valence-corrected chi connectivity index (χ2v) is 4.98. The topological polar surface area (TPSA) is 62.4 Å². The van der Waals surface area contributed by atoms with E-state index in [1.165, 1.54) is 12.8 Å². The van der Waals surface area contributed by atoms with Crippen molar-refractivity contribution in [3.8, 4) is 0 Å². The molecule has 2 heterocycles. The Morgan fingerprint density at radius 3 is 2.81 bits per heavy atom. The SMILES string of the molecule is CCc1noc(CN2CC(O)(C3CC3)C2)n1. The molecule has 1 saturated heterocycles. The number of hydrogen-bond acceptors (Lipinski definition) is 5. The van der Waals surface area contributed by atoms with Crippen molar-refractivity contribution in [3.63, 3.8) is 0 Å². The summed E-state index contributed by atoms with van der Waals surface area (Å²) in [5.41, 5.74) is -0.423. The molecule has 1 saturated carbocycles. The molecule has 5 heteroatoms. The van der Waals surface area contributed by atoms with Gasteiger partial charge >= 0.3 is 0 Å². The Morgan fingerprint density at radius 2 is 2.25 bits per heavy atom. The molecule has 0 atom stereocenters. The lowest BCUT2D eigenvalue weighted by Crippen LogP contribution is -2.62. The molecule has 0 aromatic carbocycles. The minimum absolute atomic E-state index is 0.423. The molecule has 1 aliphatic carbocycles. The van der Waals surface area contributed by atoms with Crippen LogP contribution < -0.4 is 0 Å². The Labute approximate surface area is 94.4 Å². The summed E-state index contributed by atoms with van der Waals surface area (Å²) in [5, 5.41) is 14.0. The van der Waals surface area contributed by atoms with Crippen molar-refractivity contribution in [2.45, 2.75) is 38.3 Å². The summed E-state index contributed by atoms with van der Waals surface area (Å²) in [4.78, 5) is 6.42. The highest BCUT2D eigenvalue weighted by atomic mass is 16.5. The van der Waals surface area contributed by atoms with Crippen LogP contribution in [-0.2, 0) is 13.0 Å². The van der Waals surface area contributed by atoms with Crippen molar-refractivity contribution in [3.05, 3.63) is 11.7 Å². The van der Waals surface area contributed by atoms with E-state index in [0.29, 0.717) is 18.4 Å². The van der Waals surface area contributed by atoms with E-state index in [2.05, 4.69) is 15.0 Å². The van der Waals surface area contributed by atoms with E-state index < -0.39 is 5.60 Å². The normalized spacial score (nSPS) is 24.4. The predicted molar refractivity (Wildman–Crippen MR) is 56.6 cm³/mol. The molecule has 88 valence electrons. The maximum Gasteiger partial charge on any atom is 0.240 e. The Balaban J connectivity index is 1.53. The molecule has 1 aliphatic heterocycles. The summed E-state index contributed by atoms with van der Waals surface area (Å²) in [6, 6.07) is 0. The lowest BCUT2D eigenvalue weighted by Gasteiger charge is -2.46. The number of hydrogen-bond donors (Lipinski definition) is 1. The molecule has 0 bridgehead atoms. The highest BCUT2D eigenvalue weighted by Gasteiger charge is 2.51. The van der Waals surface area contributed by atoms with E-state index in [9.17, 15) is 5.11 Å². The van der Waals surface area contributed by atoms with Gasteiger partial charge in [-0.15, -0.1) is 0 Å². The fourth-order valence-corrected chi connectivity index (χ4v) is 2.41. The van der Waals surface area contributed by atoms with Gasteiger partial charge in [0, 0.05) is 19.5 Å². The fraction of sp³-hybridized carbons (Fsp3) is 0.818. The van der Waals surface area contributed by atoms with Crippen LogP contribution in [-0.4, -0.2) is 38.8 Å². The van der Waals surface area contributed by atoms with Gasteiger partial charge in [-0.3, -0.25) is 4.90 Å². The van der Waals surface area contributed by atoms with Crippen LogP contribution in [0.4, 0.5) is 0 Å². The van der Waals surface area contributed by atoms with Gasteiger partial charge in [-0.05, 0) is 18.8 Å². The van der Waals surface area contributed by atoms with Gasteiger partial charge in [0.05, 0.1) is 12.1 Å². The first-order chi connectivity index (χ1) is 7.69. The number of aliphatic hydroxyl groups is 1. The minimum atomic E-state index is -0.423. The van der Waals surface area contributed by atoms with Crippen LogP contribution in [0.2, 0.25) is 0 Å². The third-order valence-corrected chi connectivity index (χ3v) is 3.52. The molecule has 0 amide bonds. The first-order valence-corrected chi connectivity index (χ1v) is 5.96. The molecule has 2 aliphatic rings. The average molecular weight is 223 g/mol. The van der Waals surface area contributed by atoms with Crippen molar-refractivity contribution in [2.24, 2.45) is 5.92 Å². The van der Waals surface area contributed by atoms with Crippen LogP contribution in [0.3, 0.4) is 0 Å². The molecule has 3 rings (SSSR count). The van der Waals surface area contributed by atoms with Gasteiger partial charge in [0.25, 0.3) is 0 Å². The van der Waals surface area contributed by atoms with E-state index >= 15 is 0 Å². The number of likely N-dealkylation sites (tertiary alicyclic amines) is 1. The van der Waals surface area contributed by atoms with Gasteiger partial charge in [0.15, 0.2) is 5.82 Å². The fourth-order valence-electron chi connectivity index (χ4n) is 2.41. The molecule has 1 N–H and O–H groups in total. The van der Waals surface area contributed by atoms with Gasteiger partial charge in [0.1, 0.15) is 0 Å². The lowest BCUT2D eigenvalue weighted by molar-refractivity contribution is -0.119. The van der Waals surface area contributed by atoms with Crippen molar-refractivity contribution in [2.75, 3.05) is 13.1 Å². The number of nitrogens with zero attached hydrogens (tertiary/aromatic N) is 3. The Kier molecular flexibility index (Phi) is 2.26. The summed E-state index contributed by atoms with van der Waals surface area (Å²) >= 11 is 0. The molecular formula is C11H17N3O2. The molecule has 5 nitrogen and oxygen atoms in total. The number of β-amino-alcohol motifs (C(OH)–C–C–N with tert-alkyl or cyclic N) is 1. The summed E-state index contributed by atoms with van der Waals surface area (Å²) < 4.78 is 5.12. The van der Waals surface area contributed by atoms with E-state index in [4.69, 9.17) is 4.52 Å². The maximum absolute atomic E-state index is 10.1. The smallest absolute Gasteiger partial charge is 0.240 e. The summed E-state index contributed by atoms with van der Waals surface area (Å²) in [5.74, 6) is 1.96. The first kappa shape index (κ1) is 10.2. The monoisotopic (exact) mass is 223 g/mol. The Morgan fingerprint density at radius 1 is 1.50 bits per heavy atom. The largest absolute Gasteiger partial charge is 0.387 e. The standard InChI is InChI=1S/C11H17N3O2/c1-2-9-12-10(16-13-9)5-14-6-11(15,7-14)8-3-4-8/h8,15H,2-7H2,1H3. The zero-order valence-electron chi connectivity index (χ0n) is 9.52. The van der Waals surface area contributed by atoms with Gasteiger partial charge in [-0.1, -0.05) is 12.1 Å². The van der Waals surface area contributed by atoms with Crippen molar-refractivity contribution in [1.29, 1.82) is 0 Å². The summed E-state index contributed by atoms with van der Waals surface area (Å²) in [7, 11) is 0.